The number of aromatic nitrogens is 3. The number of nitrogens with one attached hydrogen (secondary N) is 1. The van der Waals surface area contributed by atoms with E-state index in [1.165, 1.54) is 0 Å². The predicted molar refractivity (Wildman–Crippen MR) is 125 cm³/mol. The summed E-state index contributed by atoms with van der Waals surface area (Å²) < 4.78 is 32.7. The van der Waals surface area contributed by atoms with Crippen molar-refractivity contribution in [2.24, 2.45) is 7.05 Å². The topological polar surface area (TPSA) is 107 Å². The number of hydrogen-bond donors (Lipinski definition) is 1. The molecule has 3 aromatic heterocycles. The van der Waals surface area contributed by atoms with Crippen LogP contribution < -0.4 is 5.32 Å². The number of nitrogens with zero attached hydrogens (tertiary/aromatic N) is 3. The van der Waals surface area contributed by atoms with Crippen molar-refractivity contribution in [3.05, 3.63) is 60.0 Å². The maximum atomic E-state index is 13.3. The average Bonchev–Trinajstić information content (AvgIpc) is 3.57. The van der Waals surface area contributed by atoms with Gasteiger partial charge in [-0.25, -0.2) is 13.4 Å². The molecule has 9 heteroatoms. The van der Waals surface area contributed by atoms with Gasteiger partial charge in [0.05, 0.1) is 33.1 Å². The number of carbonyl (C=O) groups is 1. The van der Waals surface area contributed by atoms with E-state index in [1.807, 2.05) is 6.92 Å². The van der Waals surface area contributed by atoms with Gasteiger partial charge in [0.2, 0.25) is 0 Å². The van der Waals surface area contributed by atoms with Gasteiger partial charge in [0.15, 0.2) is 21.2 Å². The first kappa shape index (κ1) is 21.4. The third-order valence-electron chi connectivity index (χ3n) is 6.17. The zero-order valence-electron chi connectivity index (χ0n) is 18.4. The lowest BCUT2D eigenvalue weighted by Crippen LogP contribution is -2.18. The highest BCUT2D eigenvalue weighted by molar-refractivity contribution is 7.92. The van der Waals surface area contributed by atoms with Crippen LogP contribution in [0.25, 0.3) is 22.5 Å². The van der Waals surface area contributed by atoms with Crippen molar-refractivity contribution in [2.45, 2.75) is 42.8 Å². The largest absolute Gasteiger partial charge is 0.463 e. The summed E-state index contributed by atoms with van der Waals surface area (Å²) in [6.45, 7) is 1.83. The van der Waals surface area contributed by atoms with E-state index in [-0.39, 0.29) is 11.2 Å². The monoisotopic (exact) mass is 464 g/mol. The van der Waals surface area contributed by atoms with Crippen LogP contribution in [0.2, 0.25) is 0 Å². The number of benzene rings is 1. The summed E-state index contributed by atoms with van der Waals surface area (Å²) in [5, 5.41) is 7.64. The first-order chi connectivity index (χ1) is 15.8. The molecule has 4 aromatic rings. The Kier molecular flexibility index (Phi) is 5.28. The van der Waals surface area contributed by atoms with Gasteiger partial charge in [-0.05, 0) is 62.2 Å². The Morgan fingerprint density at radius 3 is 2.55 bits per heavy atom. The lowest BCUT2D eigenvalue weighted by atomic mass is 10.1. The van der Waals surface area contributed by atoms with E-state index in [0.29, 0.717) is 57.2 Å². The van der Waals surface area contributed by atoms with Gasteiger partial charge in [0.1, 0.15) is 5.69 Å². The Bertz CT molecular complexity index is 1430. The molecule has 0 atom stereocenters. The summed E-state index contributed by atoms with van der Waals surface area (Å²) in [6, 6.07) is 11.6. The highest BCUT2D eigenvalue weighted by atomic mass is 32.2. The molecule has 3 heterocycles. The second kappa shape index (κ2) is 8.15. The molecule has 0 bridgehead atoms. The number of anilines is 1. The Labute approximate surface area is 191 Å². The first-order valence-electron chi connectivity index (χ1n) is 10.9. The quantitative estimate of drug-likeness (QED) is 0.466. The molecule has 33 heavy (non-hydrogen) atoms. The molecular weight excluding hydrogens is 440 g/mol. The number of rotatable bonds is 5. The molecule has 1 saturated carbocycles. The van der Waals surface area contributed by atoms with Crippen LogP contribution in [0.3, 0.4) is 0 Å². The molecule has 0 aliphatic heterocycles. The number of hydrogen-bond acceptors (Lipinski definition) is 6. The Hall–Kier alpha value is -3.46. The zero-order chi connectivity index (χ0) is 23.2. The molecule has 0 unspecified atom stereocenters. The normalized spacial score (nSPS) is 14.7. The number of amides is 1. The van der Waals surface area contributed by atoms with Gasteiger partial charge in [-0.15, -0.1) is 0 Å². The summed E-state index contributed by atoms with van der Waals surface area (Å²) in [7, 11) is -1.56. The maximum absolute atomic E-state index is 13.3. The summed E-state index contributed by atoms with van der Waals surface area (Å²) in [5.41, 5.74) is 2.72. The van der Waals surface area contributed by atoms with E-state index >= 15 is 0 Å². The fourth-order valence-electron chi connectivity index (χ4n) is 4.49. The minimum Gasteiger partial charge on any atom is -0.463 e. The SMILES string of the molecule is Cc1nn(C)c2nc(-c3ccco3)cc(C(=O)Nc3ccc(S(=O)(=O)C4CCCC4)cc3)c12. The van der Waals surface area contributed by atoms with Crippen LogP contribution in [-0.4, -0.2) is 34.3 Å². The van der Waals surface area contributed by atoms with Crippen molar-refractivity contribution in [3.8, 4) is 11.5 Å². The van der Waals surface area contributed by atoms with Crippen LogP contribution in [0.4, 0.5) is 5.69 Å². The molecule has 1 aliphatic carbocycles. The highest BCUT2D eigenvalue weighted by Crippen LogP contribution is 2.31. The Morgan fingerprint density at radius 2 is 1.88 bits per heavy atom. The molecule has 1 aromatic carbocycles. The number of furan rings is 1. The lowest BCUT2D eigenvalue weighted by molar-refractivity contribution is 0.102. The molecule has 8 nitrogen and oxygen atoms in total. The van der Waals surface area contributed by atoms with Crippen molar-refractivity contribution in [2.75, 3.05) is 5.32 Å². The molecular formula is C24H24N4O4S. The van der Waals surface area contributed by atoms with Crippen molar-refractivity contribution in [1.82, 2.24) is 14.8 Å². The van der Waals surface area contributed by atoms with E-state index in [9.17, 15) is 13.2 Å². The summed E-state index contributed by atoms with van der Waals surface area (Å²) >= 11 is 0. The summed E-state index contributed by atoms with van der Waals surface area (Å²) in [6.07, 6.45) is 4.87. The van der Waals surface area contributed by atoms with Gasteiger partial charge < -0.3 is 9.73 Å². The number of sulfone groups is 1. The zero-order valence-corrected chi connectivity index (χ0v) is 19.2. The minimum absolute atomic E-state index is 0.293. The fourth-order valence-corrected chi connectivity index (χ4v) is 6.35. The molecule has 5 rings (SSSR count). The van der Waals surface area contributed by atoms with Gasteiger partial charge in [0, 0.05) is 12.7 Å². The van der Waals surface area contributed by atoms with Crippen LogP contribution in [0.15, 0.2) is 58.0 Å². The third-order valence-corrected chi connectivity index (χ3v) is 8.45. The molecule has 1 N–H and O–H groups in total. The van der Waals surface area contributed by atoms with Gasteiger partial charge in [-0.3, -0.25) is 9.48 Å². The Morgan fingerprint density at radius 1 is 1.15 bits per heavy atom. The molecule has 1 aliphatic rings. The van der Waals surface area contributed by atoms with Crippen molar-refractivity contribution >= 4 is 32.5 Å². The molecule has 0 saturated heterocycles. The lowest BCUT2D eigenvalue weighted by Gasteiger charge is -2.12. The fraction of sp³-hybridized carbons (Fsp3) is 0.292. The number of carbonyl (C=O) groups excluding carboxylic acids is 1. The number of pyridine rings is 1. The Balaban J connectivity index is 1.47. The van der Waals surface area contributed by atoms with Crippen LogP contribution in [0, 0.1) is 6.92 Å². The van der Waals surface area contributed by atoms with E-state index < -0.39 is 9.84 Å². The average molecular weight is 465 g/mol. The third kappa shape index (κ3) is 3.82. The molecule has 0 radical (unpaired) electrons. The number of aryl methyl sites for hydroxylation is 2. The summed E-state index contributed by atoms with van der Waals surface area (Å²) in [5.74, 6) is 0.212. The van der Waals surface area contributed by atoms with Crippen LogP contribution >= 0.6 is 0 Å². The second-order valence-corrected chi connectivity index (χ2v) is 10.6. The van der Waals surface area contributed by atoms with E-state index in [1.54, 1.807) is 60.5 Å². The molecule has 1 fully saturated rings. The summed E-state index contributed by atoms with van der Waals surface area (Å²) in [4.78, 5) is 18.2. The van der Waals surface area contributed by atoms with Gasteiger partial charge in [-0.2, -0.15) is 5.10 Å². The van der Waals surface area contributed by atoms with Crippen molar-refractivity contribution in [1.29, 1.82) is 0 Å². The van der Waals surface area contributed by atoms with Gasteiger partial charge in [0.25, 0.3) is 5.91 Å². The minimum atomic E-state index is -3.34. The second-order valence-electron chi connectivity index (χ2n) is 8.37. The van der Waals surface area contributed by atoms with Gasteiger partial charge >= 0.3 is 0 Å². The smallest absolute Gasteiger partial charge is 0.256 e. The molecule has 0 spiro atoms. The predicted octanol–water partition coefficient (Wildman–Crippen LogP) is 4.51. The van der Waals surface area contributed by atoms with Crippen LogP contribution in [-0.2, 0) is 16.9 Å². The van der Waals surface area contributed by atoms with Crippen molar-refractivity contribution in [3.63, 3.8) is 0 Å². The van der Waals surface area contributed by atoms with Crippen molar-refractivity contribution < 1.29 is 17.6 Å². The first-order valence-corrected chi connectivity index (χ1v) is 12.4. The number of fused-ring (bicyclic) bond motifs is 1. The van der Waals surface area contributed by atoms with E-state index in [0.717, 1.165) is 12.8 Å². The van der Waals surface area contributed by atoms with Crippen LogP contribution in [0.5, 0.6) is 0 Å². The van der Waals surface area contributed by atoms with Crippen LogP contribution in [0.1, 0.15) is 41.7 Å². The van der Waals surface area contributed by atoms with Gasteiger partial charge in [-0.1, -0.05) is 12.8 Å². The van der Waals surface area contributed by atoms with E-state index in [2.05, 4.69) is 15.4 Å². The highest BCUT2D eigenvalue weighted by Gasteiger charge is 2.30. The standard InChI is InChI=1S/C24H24N4O4S/c1-15-22-19(14-20(21-8-5-13-32-21)26-23(22)28(2)27-15)24(29)25-16-9-11-18(12-10-16)33(30,31)17-6-3-4-7-17/h5,8-14,17H,3-4,6-7H2,1-2H3,(H,25,29). The molecule has 1 amide bonds. The molecule has 170 valence electrons. The van der Waals surface area contributed by atoms with E-state index in [4.69, 9.17) is 4.42 Å². The maximum Gasteiger partial charge on any atom is 0.256 e.